The van der Waals surface area contributed by atoms with Crippen molar-refractivity contribution in [2.75, 3.05) is 0 Å². The molecular formula is C5H5F2IO. The van der Waals surface area contributed by atoms with Crippen LogP contribution in [0.2, 0.25) is 0 Å². The third-order valence-corrected chi connectivity index (χ3v) is 3.45. The van der Waals surface area contributed by atoms with Gasteiger partial charge in [-0.25, -0.2) is 8.78 Å². The van der Waals surface area contributed by atoms with Crippen LogP contribution >= 0.6 is 20.7 Å². The van der Waals surface area contributed by atoms with E-state index in [9.17, 15) is 13.6 Å². The topological polar surface area (TPSA) is 17.1 Å². The normalized spacial score (nSPS) is 25.3. The first-order chi connectivity index (χ1) is 4.10. The highest BCUT2D eigenvalue weighted by Crippen LogP contribution is 2.27. The number of alkyl halides is 2. The van der Waals surface area contributed by atoms with Crippen molar-refractivity contribution in [3.05, 3.63) is 0 Å². The van der Waals surface area contributed by atoms with Gasteiger partial charge in [0.2, 0.25) is 0 Å². The Morgan fingerprint density at radius 2 is 2.33 bits per heavy atom. The van der Waals surface area contributed by atoms with Gasteiger partial charge in [0.25, 0.3) is 5.92 Å². The van der Waals surface area contributed by atoms with E-state index in [-0.39, 0.29) is 16.6 Å². The summed E-state index contributed by atoms with van der Waals surface area (Å²) in [6.45, 7) is 0. The molecule has 0 saturated carbocycles. The van der Waals surface area contributed by atoms with Crippen molar-refractivity contribution in [3.8, 4) is 0 Å². The quantitative estimate of drug-likeness (QED) is 0.469. The van der Waals surface area contributed by atoms with Gasteiger partial charge in [-0.1, -0.05) is 0 Å². The van der Waals surface area contributed by atoms with Crippen LogP contribution in [0.5, 0.6) is 0 Å². The molecule has 0 bridgehead atoms. The van der Waals surface area contributed by atoms with Gasteiger partial charge in [-0.05, 0) is 20.7 Å². The minimum atomic E-state index is -2.64. The van der Waals surface area contributed by atoms with Gasteiger partial charge >= 0.3 is 0 Å². The van der Waals surface area contributed by atoms with Crippen LogP contribution in [0.3, 0.4) is 0 Å². The first kappa shape index (κ1) is 7.24. The van der Waals surface area contributed by atoms with Gasteiger partial charge in [-0.3, -0.25) is 4.79 Å². The number of carbonyl (C=O) groups excluding carboxylic acids is 1. The Morgan fingerprint density at radius 3 is 2.67 bits per heavy atom. The predicted octanol–water partition coefficient (Wildman–Crippen LogP) is 1.72. The van der Waals surface area contributed by atoms with Crippen LogP contribution in [0.1, 0.15) is 12.8 Å². The van der Waals surface area contributed by atoms with Crippen molar-refractivity contribution in [1.29, 1.82) is 0 Å². The van der Waals surface area contributed by atoms with Crippen molar-refractivity contribution >= 4 is 28.5 Å². The minimum absolute atomic E-state index is 0.0275. The summed E-state index contributed by atoms with van der Waals surface area (Å²) in [5.41, 5.74) is 0. The van der Waals surface area contributed by atoms with E-state index in [1.807, 2.05) is 0 Å². The molecule has 0 unspecified atom stereocenters. The van der Waals surface area contributed by atoms with Gasteiger partial charge in [-0.2, -0.15) is 0 Å². The van der Waals surface area contributed by atoms with Crippen molar-refractivity contribution in [1.82, 2.24) is 0 Å². The molecule has 1 heterocycles. The molecule has 0 aromatic heterocycles. The maximum absolute atomic E-state index is 12.2. The van der Waals surface area contributed by atoms with E-state index in [0.717, 1.165) is 4.01 Å². The Labute approximate surface area is 61.2 Å². The maximum Gasteiger partial charge on any atom is 0.272 e. The summed E-state index contributed by atoms with van der Waals surface area (Å²) in [7, 11) is 0. The van der Waals surface area contributed by atoms with Gasteiger partial charge in [0, 0.05) is 16.9 Å². The Balaban J connectivity index is 2.69. The van der Waals surface area contributed by atoms with Crippen LogP contribution in [0.15, 0.2) is 0 Å². The zero-order chi connectivity index (χ0) is 6.91. The van der Waals surface area contributed by atoms with Crippen LogP contribution in [-0.4, -0.2) is 13.7 Å². The van der Waals surface area contributed by atoms with E-state index in [4.69, 9.17) is 0 Å². The fourth-order valence-corrected chi connectivity index (χ4v) is 2.21. The molecule has 52 valence electrons. The van der Waals surface area contributed by atoms with E-state index in [2.05, 4.69) is 0 Å². The van der Waals surface area contributed by atoms with Crippen LogP contribution in [0.25, 0.3) is 0 Å². The molecule has 0 N–H and O–H groups in total. The molecule has 1 rings (SSSR count). The van der Waals surface area contributed by atoms with Gasteiger partial charge in [-0.15, -0.1) is 0 Å². The summed E-state index contributed by atoms with van der Waals surface area (Å²) in [5.74, 6) is -2.64. The molecule has 9 heavy (non-hydrogen) atoms. The molecule has 0 saturated heterocycles. The van der Waals surface area contributed by atoms with Gasteiger partial charge in [0.05, 0.1) is 0 Å². The third kappa shape index (κ3) is 2.08. The molecule has 1 aliphatic rings. The first-order valence-corrected chi connectivity index (χ1v) is 4.81. The highest BCUT2D eigenvalue weighted by atomic mass is 127. The summed E-state index contributed by atoms with van der Waals surface area (Å²) >= 11 is -0.952. The summed E-state index contributed by atoms with van der Waals surface area (Å²) in [4.78, 5) is 10.4. The lowest BCUT2D eigenvalue weighted by Gasteiger charge is -2.12. The van der Waals surface area contributed by atoms with E-state index in [0.29, 0.717) is 0 Å². The smallest absolute Gasteiger partial charge is 0.272 e. The number of hydrogen-bond acceptors (Lipinski definition) is 1. The Hall–Kier alpha value is 0.130. The molecule has 0 aliphatic carbocycles. The van der Waals surface area contributed by atoms with Gasteiger partial charge in [0.1, 0.15) is 0 Å². The monoisotopic (exact) mass is 246 g/mol. The lowest BCUT2D eigenvalue weighted by molar-refractivity contribution is -0.110. The number of halogens is 3. The molecule has 1 nitrogen and oxygen atoms in total. The predicted molar refractivity (Wildman–Crippen MR) is 39.3 cm³/mol. The molecule has 0 fully saturated rings. The van der Waals surface area contributed by atoms with Crippen molar-refractivity contribution < 1.29 is 13.6 Å². The Morgan fingerprint density at radius 1 is 1.67 bits per heavy atom. The average molecular weight is 246 g/mol. The number of hydrogen-bond donors (Lipinski definition) is 0. The highest BCUT2D eigenvalue weighted by Gasteiger charge is 2.29. The first-order valence-electron chi connectivity index (χ1n) is 2.49. The molecule has 1 aliphatic heterocycles. The second-order valence-electron chi connectivity index (χ2n) is 1.83. The van der Waals surface area contributed by atoms with E-state index in [1.165, 1.54) is 0 Å². The van der Waals surface area contributed by atoms with E-state index >= 15 is 0 Å². The lowest BCUT2D eigenvalue weighted by Crippen LogP contribution is -2.20. The van der Waals surface area contributed by atoms with Crippen LogP contribution in [0.4, 0.5) is 8.78 Å². The van der Waals surface area contributed by atoms with Gasteiger partial charge < -0.3 is 0 Å². The maximum atomic E-state index is 12.2. The summed E-state index contributed by atoms with van der Waals surface area (Å²) in [6.07, 6.45) is -0.192. The summed E-state index contributed by atoms with van der Waals surface area (Å²) in [6, 6.07) is 0. The number of rotatable bonds is 0. The SMILES string of the molecule is O=C1CCC(F)(F)C=I1. The van der Waals surface area contributed by atoms with E-state index < -0.39 is 26.7 Å². The molecule has 0 spiro atoms. The molecule has 0 aromatic rings. The molecule has 0 radical (unpaired) electrons. The fourth-order valence-electron chi connectivity index (χ4n) is 0.515. The highest BCUT2D eigenvalue weighted by molar-refractivity contribution is 14.2. The van der Waals surface area contributed by atoms with Crippen molar-refractivity contribution in [2.45, 2.75) is 18.8 Å². The molecular weight excluding hydrogens is 241 g/mol. The average Bonchev–Trinajstić information content (AvgIpc) is 1.78. The van der Waals surface area contributed by atoms with Gasteiger partial charge in [0.15, 0.2) is 3.79 Å². The van der Waals surface area contributed by atoms with Crippen molar-refractivity contribution in [3.63, 3.8) is 0 Å². The molecule has 0 aromatic carbocycles. The van der Waals surface area contributed by atoms with E-state index in [1.54, 1.807) is 0 Å². The Bertz CT molecular complexity index is 164. The lowest BCUT2D eigenvalue weighted by atomic mass is 10.2. The van der Waals surface area contributed by atoms with Crippen LogP contribution < -0.4 is 0 Å². The largest absolute Gasteiger partial charge is 0.288 e. The number of carbonyl (C=O) groups is 1. The third-order valence-electron chi connectivity index (χ3n) is 0.991. The standard InChI is InChI=1S/C5H5F2IO/c6-5(7)2-1-4(9)8-3-5/h3H,1-2H2. The summed E-state index contributed by atoms with van der Waals surface area (Å²) in [5, 5.41) is 0. The van der Waals surface area contributed by atoms with Crippen LogP contribution in [0, 0.1) is 0 Å². The zero-order valence-electron chi connectivity index (χ0n) is 4.53. The molecule has 0 atom stereocenters. The second kappa shape index (κ2) is 2.40. The summed E-state index contributed by atoms with van der Waals surface area (Å²) < 4.78 is 25.3. The Kier molecular flexibility index (Phi) is 1.93. The zero-order valence-corrected chi connectivity index (χ0v) is 6.69. The van der Waals surface area contributed by atoms with Crippen molar-refractivity contribution in [2.24, 2.45) is 0 Å². The molecule has 0 amide bonds. The minimum Gasteiger partial charge on any atom is -0.288 e. The fraction of sp³-hybridized carbons (Fsp3) is 0.600. The second-order valence-corrected chi connectivity index (χ2v) is 4.28. The van der Waals surface area contributed by atoms with Crippen LogP contribution in [-0.2, 0) is 4.79 Å². The molecule has 4 heteroatoms.